The van der Waals surface area contributed by atoms with E-state index < -0.39 is 17.5 Å². The van der Waals surface area contributed by atoms with E-state index >= 15 is 0 Å². The summed E-state index contributed by atoms with van der Waals surface area (Å²) in [6, 6.07) is 2.21. The largest absolute Gasteiger partial charge is 0.314 e. The van der Waals surface area contributed by atoms with Crippen molar-refractivity contribution in [3.05, 3.63) is 35.1 Å². The Labute approximate surface area is 135 Å². The lowest BCUT2D eigenvalue weighted by atomic mass is 9.99. The molecule has 0 spiro atoms. The van der Waals surface area contributed by atoms with E-state index in [0.29, 0.717) is 0 Å². The Kier molecular flexibility index (Phi) is 9.29. The van der Waals surface area contributed by atoms with E-state index in [1.165, 1.54) is 6.07 Å². The van der Waals surface area contributed by atoms with Gasteiger partial charge in [-0.3, -0.25) is 4.90 Å². The summed E-state index contributed by atoms with van der Waals surface area (Å²) in [6.07, 6.45) is 1.61. The van der Waals surface area contributed by atoms with E-state index in [0.717, 1.165) is 45.1 Å². The van der Waals surface area contributed by atoms with Crippen molar-refractivity contribution in [2.75, 3.05) is 26.2 Å². The Morgan fingerprint density at radius 1 is 1.10 bits per heavy atom. The van der Waals surface area contributed by atoms with Crippen LogP contribution < -0.4 is 5.32 Å². The fourth-order valence-electron chi connectivity index (χ4n) is 2.60. The van der Waals surface area contributed by atoms with Crippen LogP contribution in [-0.4, -0.2) is 31.1 Å². The summed E-state index contributed by atoms with van der Waals surface area (Å²) in [4.78, 5) is 2.13. The van der Waals surface area contributed by atoms with Gasteiger partial charge in [0, 0.05) is 37.8 Å². The van der Waals surface area contributed by atoms with Gasteiger partial charge >= 0.3 is 0 Å². The van der Waals surface area contributed by atoms with E-state index in [2.05, 4.69) is 10.2 Å². The van der Waals surface area contributed by atoms with E-state index in [4.69, 9.17) is 0 Å². The van der Waals surface area contributed by atoms with Crippen molar-refractivity contribution in [1.82, 2.24) is 10.2 Å². The predicted molar refractivity (Wildman–Crippen MR) is 82.9 cm³/mol. The van der Waals surface area contributed by atoms with Crippen LogP contribution in [-0.2, 0) is 0 Å². The molecule has 7 heteroatoms. The molecule has 1 atom stereocenters. The fraction of sp³-hybridized carbons (Fsp3) is 0.571. The van der Waals surface area contributed by atoms with Gasteiger partial charge in [0.2, 0.25) is 0 Å². The van der Waals surface area contributed by atoms with Crippen molar-refractivity contribution in [1.29, 1.82) is 0 Å². The maximum Gasteiger partial charge on any atom is 0.194 e. The van der Waals surface area contributed by atoms with Gasteiger partial charge in [0.05, 0.1) is 0 Å². The highest BCUT2D eigenvalue weighted by Crippen LogP contribution is 2.29. The van der Waals surface area contributed by atoms with Gasteiger partial charge < -0.3 is 5.32 Å². The van der Waals surface area contributed by atoms with E-state index in [1.807, 2.05) is 6.92 Å². The molecule has 1 N–H and O–H groups in total. The first-order valence-electron chi connectivity index (χ1n) is 6.73. The fourth-order valence-corrected chi connectivity index (χ4v) is 2.60. The Bertz CT molecular complexity index is 440. The van der Waals surface area contributed by atoms with Crippen LogP contribution in [0.15, 0.2) is 12.1 Å². The van der Waals surface area contributed by atoms with Crippen LogP contribution in [0.3, 0.4) is 0 Å². The third-order valence-corrected chi connectivity index (χ3v) is 3.58. The molecule has 122 valence electrons. The minimum absolute atomic E-state index is 0. The topological polar surface area (TPSA) is 15.3 Å². The lowest BCUT2D eigenvalue weighted by Gasteiger charge is -2.35. The molecule has 1 aromatic carbocycles. The number of hydrogen-bond acceptors (Lipinski definition) is 2. The number of piperazine rings is 1. The average molecular weight is 345 g/mol. The van der Waals surface area contributed by atoms with Crippen molar-refractivity contribution < 1.29 is 13.2 Å². The SMILES string of the molecule is CCC[C@H](c1ccc(F)c(F)c1F)N1CCNCC1.Cl.Cl. The van der Waals surface area contributed by atoms with Gasteiger partial charge in [0.15, 0.2) is 17.5 Å². The molecule has 1 heterocycles. The molecule has 0 saturated carbocycles. The summed E-state index contributed by atoms with van der Waals surface area (Å²) in [5, 5.41) is 3.23. The van der Waals surface area contributed by atoms with E-state index in [1.54, 1.807) is 0 Å². The van der Waals surface area contributed by atoms with Crippen LogP contribution in [0.4, 0.5) is 13.2 Å². The smallest absolute Gasteiger partial charge is 0.194 e. The molecule has 0 aromatic heterocycles. The zero-order chi connectivity index (χ0) is 13.8. The van der Waals surface area contributed by atoms with Gasteiger partial charge in [-0.05, 0) is 12.5 Å². The third kappa shape index (κ3) is 4.74. The van der Waals surface area contributed by atoms with Gasteiger partial charge in [0.25, 0.3) is 0 Å². The van der Waals surface area contributed by atoms with Gasteiger partial charge in [0.1, 0.15) is 0 Å². The van der Waals surface area contributed by atoms with Gasteiger partial charge in [-0.15, -0.1) is 24.8 Å². The lowest BCUT2D eigenvalue weighted by Crippen LogP contribution is -2.45. The molecule has 0 bridgehead atoms. The average Bonchev–Trinajstić information content (AvgIpc) is 2.44. The highest BCUT2D eigenvalue weighted by molar-refractivity contribution is 5.85. The monoisotopic (exact) mass is 344 g/mol. The van der Waals surface area contributed by atoms with Crippen LogP contribution in [0.2, 0.25) is 0 Å². The zero-order valence-corrected chi connectivity index (χ0v) is 13.5. The van der Waals surface area contributed by atoms with E-state index in [9.17, 15) is 13.2 Å². The number of hydrogen-bond donors (Lipinski definition) is 1. The molecule has 1 saturated heterocycles. The molecular formula is C14H21Cl2F3N2. The van der Waals surface area contributed by atoms with Crippen LogP contribution in [0.5, 0.6) is 0 Å². The highest BCUT2D eigenvalue weighted by Gasteiger charge is 2.26. The second-order valence-corrected chi connectivity index (χ2v) is 4.86. The molecule has 2 nitrogen and oxygen atoms in total. The van der Waals surface area contributed by atoms with Crippen molar-refractivity contribution in [3.8, 4) is 0 Å². The molecule has 1 fully saturated rings. The number of rotatable bonds is 4. The first kappa shape index (κ1) is 20.5. The van der Waals surface area contributed by atoms with E-state index in [-0.39, 0.29) is 36.4 Å². The second kappa shape index (κ2) is 9.51. The quantitative estimate of drug-likeness (QED) is 0.838. The maximum atomic E-state index is 13.9. The summed E-state index contributed by atoms with van der Waals surface area (Å²) in [5.41, 5.74) is 0.266. The van der Waals surface area contributed by atoms with Crippen molar-refractivity contribution >= 4 is 24.8 Å². The molecule has 1 aliphatic rings. The van der Waals surface area contributed by atoms with Gasteiger partial charge in [-0.1, -0.05) is 19.4 Å². The minimum Gasteiger partial charge on any atom is -0.314 e. The minimum atomic E-state index is -1.37. The van der Waals surface area contributed by atoms with Gasteiger partial charge in [-0.2, -0.15) is 0 Å². The molecule has 0 aliphatic carbocycles. The second-order valence-electron chi connectivity index (χ2n) is 4.86. The third-order valence-electron chi connectivity index (χ3n) is 3.58. The Hall–Kier alpha value is -0.490. The van der Waals surface area contributed by atoms with Crippen LogP contribution in [0.25, 0.3) is 0 Å². The maximum absolute atomic E-state index is 13.9. The zero-order valence-electron chi connectivity index (χ0n) is 11.9. The molecule has 2 rings (SSSR count). The molecule has 1 aromatic rings. The first-order valence-corrected chi connectivity index (χ1v) is 6.73. The number of halogens is 5. The Morgan fingerprint density at radius 2 is 1.71 bits per heavy atom. The van der Waals surface area contributed by atoms with Crippen LogP contribution in [0.1, 0.15) is 31.4 Å². The number of benzene rings is 1. The van der Waals surface area contributed by atoms with Crippen LogP contribution in [0, 0.1) is 17.5 Å². The van der Waals surface area contributed by atoms with Crippen molar-refractivity contribution in [3.63, 3.8) is 0 Å². The molecule has 0 unspecified atom stereocenters. The summed E-state index contributed by atoms with van der Waals surface area (Å²) in [5.74, 6) is -3.54. The number of nitrogens with one attached hydrogen (secondary N) is 1. The van der Waals surface area contributed by atoms with Crippen molar-refractivity contribution in [2.24, 2.45) is 0 Å². The summed E-state index contributed by atoms with van der Waals surface area (Å²) >= 11 is 0. The molecular weight excluding hydrogens is 324 g/mol. The predicted octanol–water partition coefficient (Wildman–Crippen LogP) is 3.69. The van der Waals surface area contributed by atoms with Gasteiger partial charge in [-0.25, -0.2) is 13.2 Å². The highest BCUT2D eigenvalue weighted by atomic mass is 35.5. The van der Waals surface area contributed by atoms with Crippen molar-refractivity contribution in [2.45, 2.75) is 25.8 Å². The molecule has 0 radical (unpaired) electrons. The van der Waals surface area contributed by atoms with Crippen LogP contribution >= 0.6 is 24.8 Å². The summed E-state index contributed by atoms with van der Waals surface area (Å²) in [6.45, 7) is 5.27. The Morgan fingerprint density at radius 3 is 2.29 bits per heavy atom. The normalized spacial score (nSPS) is 16.8. The molecule has 21 heavy (non-hydrogen) atoms. The number of nitrogens with zero attached hydrogens (tertiary/aromatic N) is 1. The molecule has 0 amide bonds. The Balaban J connectivity index is 0.00000200. The summed E-state index contributed by atoms with van der Waals surface area (Å²) in [7, 11) is 0. The standard InChI is InChI=1S/C14H19F3N2.2ClH/c1-2-3-12(19-8-6-18-7-9-19)10-4-5-11(15)14(17)13(10)16;;/h4-5,12,18H,2-3,6-9H2,1H3;2*1H/t12-;;/m1../s1. The summed E-state index contributed by atoms with van der Waals surface area (Å²) < 4.78 is 40.3. The first-order chi connectivity index (χ1) is 9.15. The molecule has 1 aliphatic heterocycles. The lowest BCUT2D eigenvalue weighted by molar-refractivity contribution is 0.160.